The molecule has 0 saturated carbocycles. The van der Waals surface area contributed by atoms with Gasteiger partial charge < -0.3 is 48.5 Å². The van der Waals surface area contributed by atoms with Crippen LogP contribution in [0.25, 0.3) is 0 Å². The van der Waals surface area contributed by atoms with Gasteiger partial charge in [-0.25, -0.2) is 4.79 Å². The van der Waals surface area contributed by atoms with E-state index in [2.05, 4.69) is 6.92 Å². The Hall–Kier alpha value is -3.17. The Morgan fingerprint density at radius 2 is 1.67 bits per heavy atom. The van der Waals surface area contributed by atoms with E-state index in [-0.39, 0.29) is 62.6 Å². The second-order valence-corrected chi connectivity index (χ2v) is 17.0. The molecule has 0 spiro atoms. The predicted molar refractivity (Wildman–Crippen MR) is 213 cm³/mol. The van der Waals surface area contributed by atoms with Gasteiger partial charge in [0, 0.05) is 30.8 Å². The minimum Gasteiger partial charge on any atom is -0.459 e. The van der Waals surface area contributed by atoms with Gasteiger partial charge >= 0.3 is 17.9 Å². The zero-order valence-corrected chi connectivity index (χ0v) is 34.8. The number of carbonyl (C=O) groups excluding carboxylic acids is 3. The zero-order chi connectivity index (χ0) is 41.7. The summed E-state index contributed by atoms with van der Waals surface area (Å²) in [5.41, 5.74) is -0.315. The Morgan fingerprint density at radius 3 is 2.41 bits per heavy atom. The molecule has 0 aromatic heterocycles. The first-order chi connectivity index (χ1) is 27.7. The van der Waals surface area contributed by atoms with Crippen molar-refractivity contribution in [3.8, 4) is 0 Å². The standard InChI is InChI=1S/C45H66O13/c1-5-6-7-8-12-18-39(48)57-43-32(24-40(49)53-29-31-14-10-9-11-15-31)23-37-28-38(30(2)46)56-41(50)26-33(47)25-34-16-13-17-35(54-34)27-36-20-22-52-42(55-36)19-21-44(3,4)45(43,51)58-37/h9-11,14-15,19,21,24,30,33-38,42-43,46-47,51H,5-8,12-13,16-18,20,22-23,25-29H2,1-4H3/b21-19+,32-24+/t30?,33-,34+,35-,36+,37?,38?,42+,43+,45-/m1/s1. The molecule has 324 valence electrons. The number of esters is 3. The highest BCUT2D eigenvalue weighted by Crippen LogP contribution is 2.47. The van der Waals surface area contributed by atoms with E-state index in [9.17, 15) is 29.7 Å². The van der Waals surface area contributed by atoms with Crippen LogP contribution < -0.4 is 0 Å². The first kappa shape index (κ1) is 45.9. The normalized spacial score (nSPS) is 33.9. The van der Waals surface area contributed by atoms with Crippen LogP contribution in [0.1, 0.15) is 130 Å². The van der Waals surface area contributed by atoms with Gasteiger partial charge in [0.1, 0.15) is 12.7 Å². The predicted octanol–water partition coefficient (Wildman–Crippen LogP) is 6.29. The zero-order valence-electron chi connectivity index (χ0n) is 34.8. The van der Waals surface area contributed by atoms with E-state index >= 15 is 0 Å². The van der Waals surface area contributed by atoms with Crippen LogP contribution in [-0.4, -0.2) is 101 Å². The van der Waals surface area contributed by atoms with Gasteiger partial charge in [-0.2, -0.15) is 0 Å². The lowest BCUT2D eigenvalue weighted by Gasteiger charge is -2.51. The van der Waals surface area contributed by atoms with Crippen molar-refractivity contribution < 1.29 is 62.9 Å². The Labute approximate surface area is 343 Å². The van der Waals surface area contributed by atoms with Gasteiger partial charge in [0.15, 0.2) is 12.4 Å². The topological polar surface area (TPSA) is 177 Å². The molecule has 10 atom stereocenters. The number of rotatable bonds is 11. The molecule has 58 heavy (non-hydrogen) atoms. The summed E-state index contributed by atoms with van der Waals surface area (Å²) in [4.78, 5) is 40.3. The van der Waals surface area contributed by atoms with Crippen LogP contribution in [0.15, 0.2) is 54.1 Å². The van der Waals surface area contributed by atoms with Crippen molar-refractivity contribution in [2.24, 2.45) is 5.41 Å². The quantitative estimate of drug-likeness (QED) is 0.0749. The van der Waals surface area contributed by atoms with E-state index in [1.165, 1.54) is 13.0 Å². The first-order valence-electron chi connectivity index (χ1n) is 21.4. The van der Waals surface area contributed by atoms with Crippen LogP contribution in [0, 0.1) is 5.41 Å². The molecule has 6 bridgehead atoms. The average Bonchev–Trinajstić information content (AvgIpc) is 3.17. The summed E-state index contributed by atoms with van der Waals surface area (Å²) in [7, 11) is 0. The summed E-state index contributed by atoms with van der Waals surface area (Å²) in [5, 5.41) is 34.7. The van der Waals surface area contributed by atoms with Gasteiger partial charge in [0.2, 0.25) is 5.79 Å². The second-order valence-electron chi connectivity index (χ2n) is 17.0. The fourth-order valence-corrected chi connectivity index (χ4v) is 8.22. The number of ether oxygens (including phenoxy) is 7. The van der Waals surface area contributed by atoms with Crippen molar-refractivity contribution in [1.29, 1.82) is 0 Å². The first-order valence-corrected chi connectivity index (χ1v) is 21.4. The SMILES string of the molecule is CCCCCCCC(=O)O[C@H]1/C(=C/C(=O)OCc2ccccc2)CC2CC(C(C)O)OC(=O)C[C@H](O)C[C@@H]3CCC[C@H](C[C@@H]4CCO[C@H](/C=C/C(C)(C)[C@]1(O)O2)O4)O3. The summed E-state index contributed by atoms with van der Waals surface area (Å²) in [6.45, 7) is 7.47. The molecule has 13 heteroatoms. The van der Waals surface area contributed by atoms with Crippen molar-refractivity contribution >= 4 is 17.9 Å². The fourth-order valence-electron chi connectivity index (χ4n) is 8.22. The van der Waals surface area contributed by atoms with E-state index in [4.69, 9.17) is 33.2 Å². The smallest absolute Gasteiger partial charge is 0.331 e. The number of aliphatic hydroxyl groups is 3. The summed E-state index contributed by atoms with van der Waals surface area (Å²) >= 11 is 0. The van der Waals surface area contributed by atoms with E-state index in [0.717, 1.165) is 50.5 Å². The van der Waals surface area contributed by atoms with Gasteiger partial charge in [-0.05, 0) is 69.1 Å². The molecule has 3 fully saturated rings. The Kier molecular flexibility index (Phi) is 17.3. The highest BCUT2D eigenvalue weighted by molar-refractivity contribution is 5.83. The maximum atomic E-state index is 13.6. The largest absolute Gasteiger partial charge is 0.459 e. The number of unbranched alkanes of at least 4 members (excludes halogenated alkanes) is 4. The van der Waals surface area contributed by atoms with Gasteiger partial charge in [0.25, 0.3) is 0 Å². The number of hydrogen-bond acceptors (Lipinski definition) is 13. The highest BCUT2D eigenvalue weighted by atomic mass is 16.7. The highest BCUT2D eigenvalue weighted by Gasteiger charge is 2.57. The monoisotopic (exact) mass is 814 g/mol. The lowest BCUT2D eigenvalue weighted by molar-refractivity contribution is -0.327. The summed E-state index contributed by atoms with van der Waals surface area (Å²) in [6.07, 6.45) is 5.99. The Bertz CT molecular complexity index is 1530. The molecule has 13 nitrogen and oxygen atoms in total. The van der Waals surface area contributed by atoms with Gasteiger partial charge in [0.05, 0.1) is 49.7 Å². The van der Waals surface area contributed by atoms with Crippen molar-refractivity contribution in [3.05, 3.63) is 59.7 Å². The number of carbonyl (C=O) groups is 3. The third-order valence-corrected chi connectivity index (χ3v) is 11.6. The van der Waals surface area contributed by atoms with Crippen LogP contribution in [0.3, 0.4) is 0 Å². The summed E-state index contributed by atoms with van der Waals surface area (Å²) in [6, 6.07) is 9.18. The van der Waals surface area contributed by atoms with E-state index in [1.807, 2.05) is 30.3 Å². The van der Waals surface area contributed by atoms with Gasteiger partial charge in [-0.15, -0.1) is 0 Å². The molecule has 3 saturated heterocycles. The number of benzene rings is 1. The molecule has 0 radical (unpaired) electrons. The molecule has 3 unspecified atom stereocenters. The third-order valence-electron chi connectivity index (χ3n) is 11.6. The van der Waals surface area contributed by atoms with Crippen LogP contribution in [0.4, 0.5) is 0 Å². The third kappa shape index (κ3) is 13.4. The van der Waals surface area contributed by atoms with E-state index < -0.39 is 65.9 Å². The second kappa shape index (κ2) is 21.9. The molecule has 3 N–H and O–H groups in total. The number of aliphatic hydroxyl groups excluding tert-OH is 2. The Balaban J connectivity index is 1.50. The molecule has 0 amide bonds. The molecule has 5 rings (SSSR count). The van der Waals surface area contributed by atoms with Crippen molar-refractivity contribution in [2.75, 3.05) is 6.61 Å². The summed E-state index contributed by atoms with van der Waals surface area (Å²) in [5.74, 6) is -4.27. The van der Waals surface area contributed by atoms with Crippen molar-refractivity contribution in [1.82, 2.24) is 0 Å². The van der Waals surface area contributed by atoms with Gasteiger partial charge in [-0.1, -0.05) is 82.9 Å². The minimum atomic E-state index is -2.29. The van der Waals surface area contributed by atoms with E-state index in [1.54, 1.807) is 26.0 Å². The summed E-state index contributed by atoms with van der Waals surface area (Å²) < 4.78 is 42.8. The average molecular weight is 815 g/mol. The number of hydrogen-bond donors (Lipinski definition) is 3. The number of fused-ring (bicyclic) bond motifs is 6. The molecule has 4 heterocycles. The Morgan fingerprint density at radius 1 is 0.948 bits per heavy atom. The maximum absolute atomic E-state index is 13.6. The van der Waals surface area contributed by atoms with Crippen molar-refractivity contribution in [3.63, 3.8) is 0 Å². The molecule has 4 aliphatic heterocycles. The molecule has 1 aromatic carbocycles. The maximum Gasteiger partial charge on any atom is 0.331 e. The molecular weight excluding hydrogens is 748 g/mol. The molecule has 0 aliphatic carbocycles. The van der Waals surface area contributed by atoms with Gasteiger partial charge in [-0.3, -0.25) is 9.59 Å². The molecule has 1 aromatic rings. The molecular formula is C45H66O13. The van der Waals surface area contributed by atoms with Crippen LogP contribution >= 0.6 is 0 Å². The lowest BCUT2D eigenvalue weighted by atomic mass is 9.74. The van der Waals surface area contributed by atoms with E-state index in [0.29, 0.717) is 25.9 Å². The fraction of sp³-hybridized carbons (Fsp3) is 0.711. The van der Waals surface area contributed by atoms with Crippen LogP contribution in [-0.2, 0) is 54.1 Å². The van der Waals surface area contributed by atoms with Crippen molar-refractivity contribution in [2.45, 2.75) is 192 Å². The number of cyclic esters (lactones) is 1. The minimum absolute atomic E-state index is 0.00794. The lowest BCUT2D eigenvalue weighted by Crippen LogP contribution is -2.62. The van der Waals surface area contributed by atoms with Crippen LogP contribution in [0.5, 0.6) is 0 Å². The molecule has 4 aliphatic rings. The van der Waals surface area contributed by atoms with Crippen LogP contribution in [0.2, 0.25) is 0 Å².